The van der Waals surface area contributed by atoms with Crippen LogP contribution in [0.3, 0.4) is 0 Å². The molecule has 0 radical (unpaired) electrons. The van der Waals surface area contributed by atoms with E-state index in [4.69, 9.17) is 4.74 Å². The van der Waals surface area contributed by atoms with Gasteiger partial charge in [0.1, 0.15) is 5.75 Å². The smallest absolute Gasteiger partial charge is 0.259 e. The summed E-state index contributed by atoms with van der Waals surface area (Å²) >= 11 is 0. The van der Waals surface area contributed by atoms with Crippen LogP contribution < -0.4 is 20.7 Å². The molecule has 0 unspecified atom stereocenters. The van der Waals surface area contributed by atoms with Crippen LogP contribution in [0.2, 0.25) is 0 Å². The van der Waals surface area contributed by atoms with Crippen LogP contribution in [0.5, 0.6) is 5.75 Å². The molecular weight excluding hydrogens is 576 g/mol. The quantitative estimate of drug-likeness (QED) is 0.0803. The Bertz CT molecular complexity index is 1180. The van der Waals surface area contributed by atoms with Crippen LogP contribution in [-0.4, -0.2) is 68.6 Å². The molecule has 0 aromatic heterocycles. The molecular formula is C38H61N4O4+. The third kappa shape index (κ3) is 14.4. The molecule has 0 spiro atoms. The maximum atomic E-state index is 13.5. The predicted octanol–water partition coefficient (Wildman–Crippen LogP) is 7.98. The molecule has 0 aliphatic heterocycles. The molecule has 0 aliphatic rings. The molecule has 0 heterocycles. The summed E-state index contributed by atoms with van der Waals surface area (Å²) in [7, 11) is 2.19. The Balaban J connectivity index is 2.05. The molecule has 0 saturated carbocycles. The van der Waals surface area contributed by atoms with Gasteiger partial charge in [0.05, 0.1) is 45.4 Å². The van der Waals surface area contributed by atoms with E-state index in [-0.39, 0.29) is 17.7 Å². The lowest BCUT2D eigenvalue weighted by molar-refractivity contribution is -0.904. The fourth-order valence-electron chi connectivity index (χ4n) is 5.23. The highest BCUT2D eigenvalue weighted by atomic mass is 16.5. The molecule has 0 atom stereocenters. The monoisotopic (exact) mass is 637 g/mol. The van der Waals surface area contributed by atoms with Crippen molar-refractivity contribution in [3.8, 4) is 5.75 Å². The van der Waals surface area contributed by atoms with Crippen molar-refractivity contribution in [2.24, 2.45) is 0 Å². The fourth-order valence-corrected chi connectivity index (χ4v) is 5.23. The summed E-state index contributed by atoms with van der Waals surface area (Å²) in [6.07, 6.45) is 13.7. The lowest BCUT2D eigenvalue weighted by Crippen LogP contribution is -2.48. The second kappa shape index (κ2) is 22.2. The number of nitrogens with one attached hydrogen (secondary N) is 3. The van der Waals surface area contributed by atoms with Gasteiger partial charge < -0.3 is 25.2 Å². The summed E-state index contributed by atoms with van der Waals surface area (Å²) in [5, 5.41) is 8.93. The Morgan fingerprint density at radius 3 is 1.80 bits per heavy atom. The number of benzene rings is 2. The van der Waals surface area contributed by atoms with Gasteiger partial charge in [0.25, 0.3) is 17.7 Å². The Hall–Kier alpha value is -3.39. The third-order valence-corrected chi connectivity index (χ3v) is 8.93. The van der Waals surface area contributed by atoms with Gasteiger partial charge in [0.15, 0.2) is 0 Å². The van der Waals surface area contributed by atoms with Crippen LogP contribution in [0, 0.1) is 0 Å². The molecule has 8 heteroatoms. The molecule has 3 amide bonds. The van der Waals surface area contributed by atoms with Crippen molar-refractivity contribution in [1.82, 2.24) is 10.6 Å². The van der Waals surface area contributed by atoms with Crippen molar-refractivity contribution >= 4 is 23.4 Å². The van der Waals surface area contributed by atoms with E-state index in [1.807, 2.05) is 0 Å². The number of carbonyl (C=O) groups excluding carboxylic acids is 3. The zero-order valence-corrected chi connectivity index (χ0v) is 29.3. The van der Waals surface area contributed by atoms with Crippen molar-refractivity contribution in [1.29, 1.82) is 0 Å². The van der Waals surface area contributed by atoms with E-state index in [1.54, 1.807) is 42.5 Å². The maximum Gasteiger partial charge on any atom is 0.259 e. The molecule has 0 saturated heterocycles. The minimum Gasteiger partial charge on any atom is -0.493 e. The number of unbranched alkanes of at least 4 members (excludes halogenated alkanes) is 10. The van der Waals surface area contributed by atoms with Gasteiger partial charge in [0.2, 0.25) is 0 Å². The van der Waals surface area contributed by atoms with E-state index in [2.05, 4.69) is 50.7 Å². The molecule has 2 aromatic rings. The molecule has 0 bridgehead atoms. The van der Waals surface area contributed by atoms with Crippen LogP contribution in [0.1, 0.15) is 136 Å². The number of anilines is 1. The largest absolute Gasteiger partial charge is 0.493 e. The summed E-state index contributed by atoms with van der Waals surface area (Å²) in [5.41, 5.74) is 1.83. The average Bonchev–Trinajstić information content (AvgIpc) is 3.07. The maximum absolute atomic E-state index is 13.5. The van der Waals surface area contributed by atoms with E-state index in [9.17, 15) is 14.4 Å². The highest BCUT2D eigenvalue weighted by molar-refractivity contribution is 6.08. The third-order valence-electron chi connectivity index (χ3n) is 8.93. The van der Waals surface area contributed by atoms with Crippen molar-refractivity contribution in [2.75, 3.05) is 51.7 Å². The van der Waals surface area contributed by atoms with Crippen LogP contribution in [0.4, 0.5) is 5.69 Å². The second-order valence-corrected chi connectivity index (χ2v) is 12.6. The Labute approximate surface area is 278 Å². The number of carbonyl (C=O) groups is 3. The van der Waals surface area contributed by atoms with E-state index >= 15 is 0 Å². The predicted molar refractivity (Wildman–Crippen MR) is 190 cm³/mol. The van der Waals surface area contributed by atoms with Gasteiger partial charge in [-0.1, -0.05) is 78.1 Å². The SMILES string of the molecule is CCCCCCCCNC(=O)c1ccc(OCCCCCCCC)c(C(=O)Nc2ccc(C(=O)NCC[N+](C)(CC)CC)cc2)c1. The topological polar surface area (TPSA) is 96.5 Å². The Morgan fingerprint density at radius 2 is 1.17 bits per heavy atom. The van der Waals surface area contributed by atoms with E-state index in [0.29, 0.717) is 47.8 Å². The number of rotatable bonds is 24. The zero-order valence-electron chi connectivity index (χ0n) is 29.3. The fraction of sp³-hybridized carbons (Fsp3) is 0.605. The molecule has 0 aliphatic carbocycles. The van der Waals surface area contributed by atoms with Gasteiger partial charge in [-0.15, -0.1) is 0 Å². The first-order valence-electron chi connectivity index (χ1n) is 17.8. The standard InChI is InChI=1S/C38H60N4O4/c1-6-10-12-14-16-18-26-39-37(44)32-22-25-35(46-29-19-17-15-13-11-7-2)34(30-32)38(45)41-33-23-20-31(21-24-33)36(43)40-27-28-42(5,8-3)9-4/h20-25,30H,6-19,26-29H2,1-5H3,(H2-,39,40,41,43,44,45)/p+1. The number of ether oxygens (including phenoxy) is 1. The summed E-state index contributed by atoms with van der Waals surface area (Å²) in [4.78, 5) is 39.2. The van der Waals surface area contributed by atoms with E-state index < -0.39 is 0 Å². The lowest BCUT2D eigenvalue weighted by Gasteiger charge is -2.32. The number of hydrogen-bond donors (Lipinski definition) is 3. The molecule has 3 N–H and O–H groups in total. The zero-order chi connectivity index (χ0) is 33.6. The molecule has 8 nitrogen and oxygen atoms in total. The summed E-state index contributed by atoms with van der Waals surface area (Å²) in [5.74, 6) is -0.241. The first-order chi connectivity index (χ1) is 22.3. The van der Waals surface area contributed by atoms with E-state index in [1.165, 1.54) is 51.4 Å². The molecule has 46 heavy (non-hydrogen) atoms. The molecule has 2 rings (SSSR count). The molecule has 2 aromatic carbocycles. The lowest BCUT2D eigenvalue weighted by atomic mass is 10.1. The van der Waals surface area contributed by atoms with Crippen molar-refractivity contribution < 1.29 is 23.6 Å². The summed E-state index contributed by atoms with van der Waals surface area (Å²) in [6.45, 7) is 13.3. The average molecular weight is 638 g/mol. The van der Waals surface area contributed by atoms with Crippen molar-refractivity contribution in [3.05, 3.63) is 59.2 Å². The summed E-state index contributed by atoms with van der Waals surface area (Å²) < 4.78 is 6.96. The van der Waals surface area contributed by atoms with Crippen LogP contribution in [0.15, 0.2) is 42.5 Å². The summed E-state index contributed by atoms with van der Waals surface area (Å²) in [6, 6.07) is 11.9. The highest BCUT2D eigenvalue weighted by Gasteiger charge is 2.18. The number of amides is 3. The normalized spacial score (nSPS) is 11.2. The number of likely N-dealkylation sites (N-methyl/N-ethyl adjacent to an activating group) is 1. The van der Waals surface area contributed by atoms with Gasteiger partial charge >= 0.3 is 0 Å². The number of hydrogen-bond acceptors (Lipinski definition) is 4. The van der Waals surface area contributed by atoms with Gasteiger partial charge in [-0.2, -0.15) is 0 Å². The minimum atomic E-state index is -0.364. The van der Waals surface area contributed by atoms with Gasteiger partial charge in [-0.3, -0.25) is 14.4 Å². The first kappa shape index (κ1) is 38.8. The Kier molecular flexibility index (Phi) is 18.7. The number of nitrogens with zero attached hydrogens (tertiary/aromatic N) is 1. The van der Waals surface area contributed by atoms with Crippen LogP contribution in [0.25, 0.3) is 0 Å². The molecule has 256 valence electrons. The van der Waals surface area contributed by atoms with E-state index in [0.717, 1.165) is 49.8 Å². The van der Waals surface area contributed by atoms with Crippen molar-refractivity contribution in [3.63, 3.8) is 0 Å². The first-order valence-corrected chi connectivity index (χ1v) is 17.8. The van der Waals surface area contributed by atoms with Gasteiger partial charge in [-0.05, 0) is 69.2 Å². The highest BCUT2D eigenvalue weighted by Crippen LogP contribution is 2.23. The van der Waals surface area contributed by atoms with Crippen LogP contribution in [-0.2, 0) is 0 Å². The Morgan fingerprint density at radius 1 is 0.630 bits per heavy atom. The van der Waals surface area contributed by atoms with Crippen LogP contribution >= 0.6 is 0 Å². The van der Waals surface area contributed by atoms with Gasteiger partial charge in [-0.25, -0.2) is 0 Å². The van der Waals surface area contributed by atoms with Gasteiger partial charge in [0, 0.05) is 23.4 Å². The van der Waals surface area contributed by atoms with Crippen molar-refractivity contribution in [2.45, 2.75) is 105 Å². The minimum absolute atomic E-state index is 0.137. The molecule has 0 fully saturated rings. The number of quaternary nitrogens is 1. The second-order valence-electron chi connectivity index (χ2n) is 12.6.